The first kappa shape index (κ1) is 10.1. The smallest absolute Gasteiger partial charge is 0.231 e. The number of rotatable bonds is 6. The van der Waals surface area contributed by atoms with Gasteiger partial charge in [0.1, 0.15) is 6.29 Å². The highest BCUT2D eigenvalue weighted by atomic mass is 16.1. The van der Waals surface area contributed by atoms with E-state index in [1.165, 1.54) is 0 Å². The van der Waals surface area contributed by atoms with Crippen LogP contribution in [0.2, 0.25) is 0 Å². The first-order chi connectivity index (χ1) is 5.20. The average Bonchev–Trinajstić information content (AvgIpc) is 1.87. The van der Waals surface area contributed by atoms with E-state index >= 15 is 0 Å². The van der Waals surface area contributed by atoms with Crippen molar-refractivity contribution in [1.29, 1.82) is 0 Å². The van der Waals surface area contributed by atoms with Crippen molar-refractivity contribution >= 4 is 12.2 Å². The molecule has 0 aliphatic rings. The Bertz CT molecular complexity index is 136. The third-order valence-corrected chi connectivity index (χ3v) is 1.25. The summed E-state index contributed by atoms with van der Waals surface area (Å²) in [5, 5.41) is 0. The molecule has 0 heterocycles. The molecule has 0 aromatic rings. The Hall–Kier alpha value is -0.900. The second-order valence-corrected chi connectivity index (χ2v) is 2.37. The van der Waals surface area contributed by atoms with Gasteiger partial charge in [0.25, 0.3) is 0 Å². The largest absolute Gasteiger partial charge is 0.369 e. The summed E-state index contributed by atoms with van der Waals surface area (Å²) in [5.41, 5.74) is 4.96. The Morgan fingerprint density at radius 1 is 1.64 bits per heavy atom. The molecule has 0 saturated heterocycles. The molecule has 64 valence electrons. The summed E-state index contributed by atoms with van der Waals surface area (Å²) in [5.74, 6) is -0.389. The Morgan fingerprint density at radius 3 is 2.64 bits per heavy atom. The molecule has 4 nitrogen and oxygen atoms in total. The molecule has 0 saturated carbocycles. The lowest BCUT2D eigenvalue weighted by Crippen LogP contribution is -2.35. The maximum atomic E-state index is 10.4. The van der Waals surface area contributed by atoms with E-state index in [-0.39, 0.29) is 19.0 Å². The van der Waals surface area contributed by atoms with Crippen molar-refractivity contribution in [2.45, 2.75) is 13.3 Å². The number of hydrogen-bond acceptors (Lipinski definition) is 3. The number of amides is 1. The van der Waals surface area contributed by atoms with Gasteiger partial charge in [-0.15, -0.1) is 0 Å². The molecule has 0 aliphatic heterocycles. The highest BCUT2D eigenvalue weighted by Crippen LogP contribution is 1.87. The van der Waals surface area contributed by atoms with Gasteiger partial charge in [0.15, 0.2) is 0 Å². The van der Waals surface area contributed by atoms with Crippen LogP contribution in [-0.2, 0) is 9.59 Å². The molecule has 0 spiro atoms. The standard InChI is InChI=1S/C7H14N2O2/c1-2-3-9(4-5-10)6-7(8)11/h5H,2-4,6H2,1H3,(H2,8,11). The number of hydrogen-bond donors (Lipinski definition) is 1. The highest BCUT2D eigenvalue weighted by Gasteiger charge is 2.04. The lowest BCUT2D eigenvalue weighted by molar-refractivity contribution is -0.119. The number of carbonyl (C=O) groups is 2. The summed E-state index contributed by atoms with van der Waals surface area (Å²) < 4.78 is 0. The predicted octanol–water partition coefficient (Wildman–Crippen LogP) is -0.617. The SMILES string of the molecule is CCCN(CC=O)CC(N)=O. The molecule has 4 heteroatoms. The van der Waals surface area contributed by atoms with Crippen molar-refractivity contribution in [3.63, 3.8) is 0 Å². The van der Waals surface area contributed by atoms with Crippen molar-refractivity contribution < 1.29 is 9.59 Å². The van der Waals surface area contributed by atoms with Crippen LogP contribution in [0.3, 0.4) is 0 Å². The summed E-state index contributed by atoms with van der Waals surface area (Å²) in [6.07, 6.45) is 1.69. The summed E-state index contributed by atoms with van der Waals surface area (Å²) in [6, 6.07) is 0. The van der Waals surface area contributed by atoms with Gasteiger partial charge < -0.3 is 10.5 Å². The minimum Gasteiger partial charge on any atom is -0.369 e. The van der Waals surface area contributed by atoms with Crippen molar-refractivity contribution in [3.8, 4) is 0 Å². The van der Waals surface area contributed by atoms with Gasteiger partial charge >= 0.3 is 0 Å². The summed E-state index contributed by atoms with van der Waals surface area (Å²) >= 11 is 0. The number of aldehydes is 1. The minimum atomic E-state index is -0.389. The van der Waals surface area contributed by atoms with E-state index < -0.39 is 0 Å². The van der Waals surface area contributed by atoms with Crippen LogP contribution in [0.25, 0.3) is 0 Å². The molecule has 0 aromatic carbocycles. The van der Waals surface area contributed by atoms with Crippen LogP contribution in [0.4, 0.5) is 0 Å². The topological polar surface area (TPSA) is 63.4 Å². The van der Waals surface area contributed by atoms with E-state index in [0.717, 1.165) is 19.3 Å². The van der Waals surface area contributed by atoms with Gasteiger partial charge in [-0.2, -0.15) is 0 Å². The molecule has 0 radical (unpaired) electrons. The van der Waals surface area contributed by atoms with Crippen molar-refractivity contribution in [3.05, 3.63) is 0 Å². The fraction of sp³-hybridized carbons (Fsp3) is 0.714. The molecular formula is C7H14N2O2. The zero-order valence-electron chi connectivity index (χ0n) is 6.75. The van der Waals surface area contributed by atoms with Gasteiger partial charge in [-0.1, -0.05) is 6.92 Å². The molecule has 2 N–H and O–H groups in total. The fourth-order valence-corrected chi connectivity index (χ4v) is 0.877. The minimum absolute atomic E-state index is 0.173. The summed E-state index contributed by atoms with van der Waals surface area (Å²) in [6.45, 7) is 3.18. The molecular weight excluding hydrogens is 144 g/mol. The van der Waals surface area contributed by atoms with Crippen LogP contribution in [0, 0.1) is 0 Å². The van der Waals surface area contributed by atoms with E-state index in [4.69, 9.17) is 5.73 Å². The Kier molecular flexibility index (Phi) is 5.37. The van der Waals surface area contributed by atoms with Gasteiger partial charge in [0.05, 0.1) is 13.1 Å². The van der Waals surface area contributed by atoms with E-state index in [1.807, 2.05) is 6.92 Å². The Labute approximate surface area is 66.4 Å². The molecule has 0 bridgehead atoms. The number of nitrogens with zero attached hydrogens (tertiary/aromatic N) is 1. The molecule has 0 fully saturated rings. The van der Waals surface area contributed by atoms with Crippen molar-refractivity contribution in [2.24, 2.45) is 5.73 Å². The molecule has 0 aromatic heterocycles. The van der Waals surface area contributed by atoms with E-state index in [2.05, 4.69) is 0 Å². The highest BCUT2D eigenvalue weighted by molar-refractivity contribution is 5.76. The lowest BCUT2D eigenvalue weighted by Gasteiger charge is -2.15. The number of primary amides is 1. The van der Waals surface area contributed by atoms with Crippen molar-refractivity contribution in [1.82, 2.24) is 4.90 Å². The maximum Gasteiger partial charge on any atom is 0.231 e. The fourth-order valence-electron chi connectivity index (χ4n) is 0.877. The molecule has 0 atom stereocenters. The van der Waals surface area contributed by atoms with Crippen LogP contribution in [0.15, 0.2) is 0 Å². The average molecular weight is 158 g/mol. The quantitative estimate of drug-likeness (QED) is 0.524. The summed E-state index contributed by atoms with van der Waals surface area (Å²) in [4.78, 5) is 22.2. The van der Waals surface area contributed by atoms with Gasteiger partial charge in [-0.3, -0.25) is 9.69 Å². The van der Waals surface area contributed by atoms with Crippen LogP contribution >= 0.6 is 0 Å². The lowest BCUT2D eigenvalue weighted by atomic mass is 10.4. The van der Waals surface area contributed by atoms with Crippen LogP contribution in [0.5, 0.6) is 0 Å². The monoisotopic (exact) mass is 158 g/mol. The van der Waals surface area contributed by atoms with Crippen LogP contribution in [0.1, 0.15) is 13.3 Å². The first-order valence-corrected chi connectivity index (χ1v) is 3.65. The van der Waals surface area contributed by atoms with Crippen LogP contribution < -0.4 is 5.73 Å². The number of nitrogens with two attached hydrogens (primary N) is 1. The normalized spacial score (nSPS) is 10.0. The second-order valence-electron chi connectivity index (χ2n) is 2.37. The third kappa shape index (κ3) is 5.54. The molecule has 0 rings (SSSR count). The molecule has 0 unspecified atom stereocenters. The Balaban J connectivity index is 3.67. The molecule has 11 heavy (non-hydrogen) atoms. The van der Waals surface area contributed by atoms with E-state index in [1.54, 1.807) is 4.90 Å². The predicted molar refractivity (Wildman–Crippen MR) is 42.0 cm³/mol. The van der Waals surface area contributed by atoms with Gasteiger partial charge in [0, 0.05) is 0 Å². The zero-order chi connectivity index (χ0) is 8.69. The van der Waals surface area contributed by atoms with E-state index in [0.29, 0.717) is 0 Å². The molecule has 1 amide bonds. The first-order valence-electron chi connectivity index (χ1n) is 3.65. The van der Waals surface area contributed by atoms with Crippen LogP contribution in [-0.4, -0.2) is 36.7 Å². The van der Waals surface area contributed by atoms with Gasteiger partial charge in [0.2, 0.25) is 5.91 Å². The molecule has 0 aliphatic carbocycles. The van der Waals surface area contributed by atoms with Gasteiger partial charge in [-0.05, 0) is 13.0 Å². The maximum absolute atomic E-state index is 10.4. The second kappa shape index (κ2) is 5.85. The van der Waals surface area contributed by atoms with Crippen molar-refractivity contribution in [2.75, 3.05) is 19.6 Å². The van der Waals surface area contributed by atoms with E-state index in [9.17, 15) is 9.59 Å². The third-order valence-electron chi connectivity index (χ3n) is 1.25. The zero-order valence-corrected chi connectivity index (χ0v) is 6.75. The van der Waals surface area contributed by atoms with Gasteiger partial charge in [-0.25, -0.2) is 0 Å². The number of carbonyl (C=O) groups excluding carboxylic acids is 2. The Morgan fingerprint density at radius 2 is 2.27 bits per heavy atom. The summed E-state index contributed by atoms with van der Waals surface area (Å²) in [7, 11) is 0.